The van der Waals surface area contributed by atoms with Crippen molar-refractivity contribution in [2.45, 2.75) is 32.7 Å². The number of amides is 2. The monoisotopic (exact) mass is 655 g/mol. The summed E-state index contributed by atoms with van der Waals surface area (Å²) in [5.41, 5.74) is 6.17. The first-order valence-corrected chi connectivity index (χ1v) is 13.7. The van der Waals surface area contributed by atoms with E-state index in [9.17, 15) is 35.9 Å². The topological polar surface area (TPSA) is 154 Å². The van der Waals surface area contributed by atoms with Gasteiger partial charge in [0.25, 0.3) is 11.8 Å². The number of nitrogens with two attached hydrogens (primary N) is 1. The largest absolute Gasteiger partial charge is 0.490 e. The number of carbonyl (C=O) groups excluding carboxylic acids is 2. The van der Waals surface area contributed by atoms with Gasteiger partial charge in [-0.3, -0.25) is 14.5 Å². The Balaban J connectivity index is 0.000000738. The molecule has 0 radical (unpaired) electrons. The molecule has 46 heavy (non-hydrogen) atoms. The van der Waals surface area contributed by atoms with Crippen molar-refractivity contribution in [3.63, 3.8) is 0 Å². The molecule has 1 aliphatic rings. The van der Waals surface area contributed by atoms with Crippen molar-refractivity contribution in [3.05, 3.63) is 76.7 Å². The molecule has 3 aromatic rings. The van der Waals surface area contributed by atoms with E-state index in [1.807, 2.05) is 4.90 Å². The van der Waals surface area contributed by atoms with Crippen LogP contribution in [0.5, 0.6) is 0 Å². The van der Waals surface area contributed by atoms with E-state index in [4.69, 9.17) is 15.6 Å². The molecule has 248 valence electrons. The van der Waals surface area contributed by atoms with Crippen LogP contribution >= 0.6 is 0 Å². The number of carbonyl (C=O) groups is 3. The van der Waals surface area contributed by atoms with Crippen LogP contribution in [-0.4, -0.2) is 81.6 Å². The van der Waals surface area contributed by atoms with Crippen LogP contribution < -0.4 is 16.4 Å². The summed E-state index contributed by atoms with van der Waals surface area (Å²) in [6.07, 6.45) is -6.98. The number of rotatable bonds is 7. The molecule has 0 unspecified atom stereocenters. The quantitative estimate of drug-likeness (QED) is 0.266. The van der Waals surface area contributed by atoms with E-state index in [1.165, 1.54) is 36.7 Å². The molecule has 0 bridgehead atoms. The summed E-state index contributed by atoms with van der Waals surface area (Å²) in [6, 6.07) is 8.42. The Hall–Kier alpha value is -4.77. The molecule has 11 nitrogen and oxygen atoms in total. The molecule has 2 heterocycles. The second kappa shape index (κ2) is 15.0. The van der Waals surface area contributed by atoms with E-state index < -0.39 is 35.7 Å². The summed E-state index contributed by atoms with van der Waals surface area (Å²) in [5.74, 6) is -4.04. The third-order valence-electron chi connectivity index (χ3n) is 6.91. The summed E-state index contributed by atoms with van der Waals surface area (Å²) >= 11 is 0. The highest BCUT2D eigenvalue weighted by atomic mass is 19.4. The highest BCUT2D eigenvalue weighted by Gasteiger charge is 2.38. The molecule has 2 amide bonds. The van der Waals surface area contributed by atoms with Crippen molar-refractivity contribution >= 4 is 35.0 Å². The first-order chi connectivity index (χ1) is 21.5. The van der Waals surface area contributed by atoms with Crippen molar-refractivity contribution in [2.75, 3.05) is 49.1 Å². The molecule has 1 aliphatic heterocycles. The minimum Gasteiger partial charge on any atom is -0.475 e. The van der Waals surface area contributed by atoms with Gasteiger partial charge in [0.05, 0.1) is 5.56 Å². The highest BCUT2D eigenvalue weighted by Crippen LogP contribution is 2.35. The molecule has 1 saturated heterocycles. The summed E-state index contributed by atoms with van der Waals surface area (Å²) in [5, 5.41) is 12.3. The number of piperazine rings is 1. The number of aromatic nitrogens is 2. The predicted molar refractivity (Wildman–Crippen MR) is 156 cm³/mol. The number of carboxylic acids is 1. The third kappa shape index (κ3) is 9.87. The second-order valence-corrected chi connectivity index (χ2v) is 10.1. The Morgan fingerprint density at radius 3 is 2.07 bits per heavy atom. The number of aryl methyl sites for hydroxylation is 1. The molecular weight excluding hydrogens is 624 g/mol. The van der Waals surface area contributed by atoms with Crippen molar-refractivity contribution in [1.29, 1.82) is 0 Å². The van der Waals surface area contributed by atoms with Crippen molar-refractivity contribution in [3.8, 4) is 0 Å². The van der Waals surface area contributed by atoms with Gasteiger partial charge < -0.3 is 26.4 Å². The minimum atomic E-state index is -5.08. The van der Waals surface area contributed by atoms with Gasteiger partial charge in [-0.2, -0.15) is 26.3 Å². The molecule has 0 saturated carbocycles. The van der Waals surface area contributed by atoms with Gasteiger partial charge in [0.15, 0.2) is 11.5 Å². The Morgan fingerprint density at radius 2 is 1.50 bits per heavy atom. The van der Waals surface area contributed by atoms with Gasteiger partial charge in [-0.05, 0) is 48.9 Å². The first-order valence-electron chi connectivity index (χ1n) is 13.7. The average molecular weight is 656 g/mol. The maximum Gasteiger partial charge on any atom is 0.490 e. The maximum absolute atomic E-state index is 13.9. The van der Waals surface area contributed by atoms with Gasteiger partial charge in [0, 0.05) is 62.1 Å². The number of alkyl halides is 6. The van der Waals surface area contributed by atoms with E-state index in [0.29, 0.717) is 24.3 Å². The molecule has 0 atom stereocenters. The standard InChI is InChI=1S/C27H30F3N7O2.C2HF3O2/c1-3-36-10-12-37(13-11-36)16-19-6-7-20(15-21(19)27(28,29)30)34-25(38)18-5-4-17(2)22(14-18)35-26(39)23-24(31)33-9-8-32-23;3-2(4,5)1(6)7/h4-9,14-15H,3,10-13,16H2,1-2H3,(H2,31,33)(H,34,38)(H,35,39);(H,6,7). The smallest absolute Gasteiger partial charge is 0.475 e. The zero-order valence-corrected chi connectivity index (χ0v) is 24.7. The molecular formula is C29H31F6N7O4. The highest BCUT2D eigenvalue weighted by molar-refractivity contribution is 6.08. The summed E-state index contributed by atoms with van der Waals surface area (Å²) in [7, 11) is 0. The van der Waals surface area contributed by atoms with Gasteiger partial charge in [-0.25, -0.2) is 14.8 Å². The van der Waals surface area contributed by atoms with Gasteiger partial charge in [-0.15, -0.1) is 0 Å². The molecule has 0 spiro atoms. The number of benzene rings is 2. The fourth-order valence-electron chi connectivity index (χ4n) is 4.37. The number of anilines is 3. The molecule has 17 heteroatoms. The first kappa shape index (κ1) is 35.7. The lowest BCUT2D eigenvalue weighted by Gasteiger charge is -2.34. The molecule has 1 fully saturated rings. The van der Waals surface area contributed by atoms with E-state index in [-0.39, 0.29) is 34.9 Å². The van der Waals surface area contributed by atoms with E-state index in [2.05, 4.69) is 32.4 Å². The van der Waals surface area contributed by atoms with Crippen LogP contribution in [-0.2, 0) is 17.5 Å². The Morgan fingerprint density at radius 1 is 0.891 bits per heavy atom. The van der Waals surface area contributed by atoms with Gasteiger partial charge in [0.1, 0.15) is 0 Å². The number of nitrogens with one attached hydrogen (secondary N) is 2. The van der Waals surface area contributed by atoms with Crippen LogP contribution in [0.2, 0.25) is 0 Å². The number of hydrogen-bond donors (Lipinski definition) is 4. The predicted octanol–water partition coefficient (Wildman–Crippen LogP) is 4.66. The number of likely N-dealkylation sites (N-methyl/N-ethyl adjacent to an activating group) is 1. The van der Waals surface area contributed by atoms with Crippen LogP contribution in [0.4, 0.5) is 43.5 Å². The lowest BCUT2D eigenvalue weighted by atomic mass is 10.0. The summed E-state index contributed by atoms with van der Waals surface area (Å²) in [6.45, 7) is 7.91. The van der Waals surface area contributed by atoms with E-state index in [1.54, 1.807) is 13.0 Å². The second-order valence-electron chi connectivity index (χ2n) is 10.1. The zero-order chi connectivity index (χ0) is 34.2. The lowest BCUT2D eigenvalue weighted by Crippen LogP contribution is -2.45. The van der Waals surface area contributed by atoms with Gasteiger partial charge in [-0.1, -0.05) is 19.1 Å². The fraction of sp³-hybridized carbons (Fsp3) is 0.345. The van der Waals surface area contributed by atoms with Crippen molar-refractivity contribution < 1.29 is 45.8 Å². The van der Waals surface area contributed by atoms with Crippen LogP contribution in [0.1, 0.15) is 44.5 Å². The van der Waals surface area contributed by atoms with Crippen LogP contribution in [0.15, 0.2) is 48.8 Å². The number of aliphatic carboxylic acids is 1. The molecule has 0 aliphatic carbocycles. The fourth-order valence-corrected chi connectivity index (χ4v) is 4.37. The molecule has 2 aromatic carbocycles. The average Bonchev–Trinajstić information content (AvgIpc) is 2.99. The third-order valence-corrected chi connectivity index (χ3v) is 6.91. The van der Waals surface area contributed by atoms with Crippen molar-refractivity contribution in [1.82, 2.24) is 19.8 Å². The Labute approximate surface area is 259 Å². The van der Waals surface area contributed by atoms with Gasteiger partial charge in [0.2, 0.25) is 0 Å². The normalized spacial score (nSPS) is 14.2. The summed E-state index contributed by atoms with van der Waals surface area (Å²) in [4.78, 5) is 46.5. The molecule has 5 N–H and O–H groups in total. The Kier molecular flexibility index (Phi) is 11.6. The van der Waals surface area contributed by atoms with Crippen LogP contribution in [0, 0.1) is 6.92 Å². The molecule has 4 rings (SSSR count). The van der Waals surface area contributed by atoms with E-state index in [0.717, 1.165) is 25.7 Å². The SMILES string of the molecule is CCN1CCN(Cc2ccc(NC(=O)c3ccc(C)c(NC(=O)c4nccnc4N)c3)cc2C(F)(F)F)CC1.O=C(O)C(F)(F)F. The molecule has 1 aromatic heterocycles. The van der Waals surface area contributed by atoms with Crippen molar-refractivity contribution in [2.24, 2.45) is 0 Å². The lowest BCUT2D eigenvalue weighted by molar-refractivity contribution is -0.192. The summed E-state index contributed by atoms with van der Waals surface area (Å²) < 4.78 is 73.6. The number of nitrogens with zero attached hydrogens (tertiary/aromatic N) is 4. The zero-order valence-electron chi connectivity index (χ0n) is 24.7. The maximum atomic E-state index is 13.9. The van der Waals surface area contributed by atoms with Crippen LogP contribution in [0.25, 0.3) is 0 Å². The number of nitrogen functional groups attached to an aromatic ring is 1. The Bertz CT molecular complexity index is 1560. The van der Waals surface area contributed by atoms with Gasteiger partial charge >= 0.3 is 18.3 Å². The number of hydrogen-bond acceptors (Lipinski definition) is 8. The minimum absolute atomic E-state index is 0.0189. The van der Waals surface area contributed by atoms with Crippen LogP contribution in [0.3, 0.4) is 0 Å². The van der Waals surface area contributed by atoms with E-state index >= 15 is 0 Å². The number of halogens is 6. The number of carboxylic acid groups (broad SMARTS) is 1.